The number of carbonyl (C=O) groups is 2. The van der Waals surface area contributed by atoms with Crippen LogP contribution in [0.15, 0.2) is 23.3 Å². The molecule has 0 bridgehead atoms. The van der Waals surface area contributed by atoms with Crippen LogP contribution in [-0.4, -0.2) is 58.8 Å². The predicted molar refractivity (Wildman–Crippen MR) is 112 cm³/mol. The van der Waals surface area contributed by atoms with Crippen LogP contribution in [0.25, 0.3) is 0 Å². The van der Waals surface area contributed by atoms with Crippen molar-refractivity contribution in [1.29, 1.82) is 0 Å². The molecule has 29 heavy (non-hydrogen) atoms. The number of hydrogen-bond donors (Lipinski definition) is 2. The summed E-state index contributed by atoms with van der Waals surface area (Å²) in [5, 5.41) is 8.23. The third kappa shape index (κ3) is 9.20. The van der Waals surface area contributed by atoms with Gasteiger partial charge in [0.2, 0.25) is 0 Å². The van der Waals surface area contributed by atoms with Crippen LogP contribution in [-0.2, 0) is 22.7 Å². The molecule has 0 spiro atoms. The second kappa shape index (κ2) is 12.3. The van der Waals surface area contributed by atoms with Gasteiger partial charge in [-0.05, 0) is 20.4 Å². The molecule has 0 fully saturated rings. The Kier molecular flexibility index (Phi) is 9.81. The highest BCUT2D eigenvalue weighted by atomic mass is 32.1. The van der Waals surface area contributed by atoms with E-state index in [1.807, 2.05) is 26.2 Å². The number of nitrogens with one attached hydrogen (secondary N) is 2. The van der Waals surface area contributed by atoms with Crippen LogP contribution in [0.1, 0.15) is 30.7 Å². The SMILES string of the molecule is CCN(C[C@@H](C)NC(=O)OCc1nccs1)C[C@H](C)NC(=O)OCc1cncs1. The number of ether oxygens (including phenoxy) is 2. The molecule has 0 aromatic carbocycles. The van der Waals surface area contributed by atoms with E-state index in [2.05, 4.69) is 25.5 Å². The molecule has 0 unspecified atom stereocenters. The lowest BCUT2D eigenvalue weighted by Gasteiger charge is -2.27. The summed E-state index contributed by atoms with van der Waals surface area (Å²) in [7, 11) is 0. The van der Waals surface area contributed by atoms with Gasteiger partial charge in [0.15, 0.2) is 0 Å². The minimum absolute atomic E-state index is 0.104. The third-order valence-electron chi connectivity index (χ3n) is 3.88. The van der Waals surface area contributed by atoms with Gasteiger partial charge in [-0.15, -0.1) is 22.7 Å². The molecule has 160 valence electrons. The summed E-state index contributed by atoms with van der Waals surface area (Å²) in [6.07, 6.45) is 2.42. The number of nitrogens with zero attached hydrogens (tertiary/aromatic N) is 3. The molecule has 0 radical (unpaired) electrons. The first-order valence-corrected chi connectivity index (χ1v) is 11.1. The van der Waals surface area contributed by atoms with E-state index in [-0.39, 0.29) is 25.3 Å². The quantitative estimate of drug-likeness (QED) is 0.552. The number of carbonyl (C=O) groups excluding carboxylic acids is 2. The van der Waals surface area contributed by atoms with Crippen LogP contribution in [0.3, 0.4) is 0 Å². The van der Waals surface area contributed by atoms with Gasteiger partial charge in [0.05, 0.1) is 10.4 Å². The summed E-state index contributed by atoms with van der Waals surface area (Å²) in [6.45, 7) is 8.27. The van der Waals surface area contributed by atoms with Crippen LogP contribution in [0.5, 0.6) is 0 Å². The van der Waals surface area contributed by atoms with E-state index in [1.54, 1.807) is 17.9 Å². The topological polar surface area (TPSA) is 106 Å². The first-order chi connectivity index (χ1) is 14.0. The highest BCUT2D eigenvalue weighted by Gasteiger charge is 2.16. The molecular formula is C18H27N5O4S2. The zero-order chi connectivity index (χ0) is 21.1. The number of alkyl carbamates (subject to hydrolysis) is 2. The van der Waals surface area contributed by atoms with Crippen molar-refractivity contribution in [2.75, 3.05) is 19.6 Å². The van der Waals surface area contributed by atoms with Crippen molar-refractivity contribution in [3.05, 3.63) is 33.2 Å². The van der Waals surface area contributed by atoms with E-state index in [4.69, 9.17) is 9.47 Å². The summed E-state index contributed by atoms with van der Waals surface area (Å²) >= 11 is 2.88. The van der Waals surface area contributed by atoms with Crippen molar-refractivity contribution in [2.45, 2.75) is 46.1 Å². The Hall–Kier alpha value is -2.24. The second-order valence-electron chi connectivity index (χ2n) is 6.49. The average Bonchev–Trinajstić information content (AvgIpc) is 3.37. The van der Waals surface area contributed by atoms with Crippen molar-refractivity contribution in [3.8, 4) is 0 Å². The van der Waals surface area contributed by atoms with Crippen LogP contribution in [0.4, 0.5) is 9.59 Å². The molecule has 0 aliphatic rings. The fourth-order valence-electron chi connectivity index (χ4n) is 2.59. The minimum Gasteiger partial charge on any atom is -0.444 e. The number of rotatable bonds is 11. The standard InChI is InChI=1S/C18H27N5O4S2/c1-4-23(8-13(2)21-17(24)26-10-15-7-19-12-29-15)9-14(3)22-18(25)27-11-16-20-5-6-28-16/h5-7,12-14H,4,8-11H2,1-3H3,(H,21,24)(H,22,25)/t13-,14+/m0/s1. The normalized spacial score (nSPS) is 13.0. The van der Waals surface area contributed by atoms with Gasteiger partial charge in [0.1, 0.15) is 18.2 Å². The highest BCUT2D eigenvalue weighted by molar-refractivity contribution is 7.09. The Morgan fingerprint density at radius 1 is 1.10 bits per heavy atom. The van der Waals surface area contributed by atoms with Gasteiger partial charge in [0, 0.05) is 42.9 Å². The van der Waals surface area contributed by atoms with Gasteiger partial charge in [-0.25, -0.2) is 14.6 Å². The monoisotopic (exact) mass is 441 g/mol. The Balaban J connectivity index is 1.65. The van der Waals surface area contributed by atoms with E-state index in [0.29, 0.717) is 13.1 Å². The number of likely N-dealkylation sites (N-methyl/N-ethyl adjacent to an activating group) is 1. The molecular weight excluding hydrogens is 414 g/mol. The summed E-state index contributed by atoms with van der Waals surface area (Å²) < 4.78 is 10.4. The van der Waals surface area contributed by atoms with E-state index >= 15 is 0 Å². The van der Waals surface area contributed by atoms with Crippen LogP contribution in [0, 0.1) is 0 Å². The van der Waals surface area contributed by atoms with E-state index < -0.39 is 12.2 Å². The fourth-order valence-corrected chi connectivity index (χ4v) is 3.62. The second-order valence-corrected chi connectivity index (χ2v) is 8.44. The molecule has 2 atom stereocenters. The molecule has 2 N–H and O–H groups in total. The molecule has 11 heteroatoms. The van der Waals surface area contributed by atoms with Crippen molar-refractivity contribution in [1.82, 2.24) is 25.5 Å². The van der Waals surface area contributed by atoms with Gasteiger partial charge in [-0.2, -0.15) is 0 Å². The van der Waals surface area contributed by atoms with Crippen molar-refractivity contribution in [2.24, 2.45) is 0 Å². The highest BCUT2D eigenvalue weighted by Crippen LogP contribution is 2.07. The molecule has 2 heterocycles. The van der Waals surface area contributed by atoms with Crippen LogP contribution in [0.2, 0.25) is 0 Å². The number of amides is 2. The number of hydrogen-bond acceptors (Lipinski definition) is 9. The van der Waals surface area contributed by atoms with E-state index in [0.717, 1.165) is 16.4 Å². The minimum atomic E-state index is -0.471. The Bertz CT molecular complexity index is 666. The summed E-state index contributed by atoms with van der Waals surface area (Å²) in [5.41, 5.74) is 1.70. The van der Waals surface area contributed by atoms with Gasteiger partial charge in [0.25, 0.3) is 0 Å². The first-order valence-electron chi connectivity index (χ1n) is 9.31. The summed E-state index contributed by atoms with van der Waals surface area (Å²) in [5.74, 6) is 0. The van der Waals surface area contributed by atoms with Crippen molar-refractivity contribution < 1.29 is 19.1 Å². The molecule has 9 nitrogen and oxygen atoms in total. The molecule has 2 aromatic rings. The predicted octanol–water partition coefficient (Wildman–Crippen LogP) is 2.85. The lowest BCUT2D eigenvalue weighted by molar-refractivity contribution is 0.129. The van der Waals surface area contributed by atoms with Gasteiger partial charge in [-0.1, -0.05) is 6.92 Å². The van der Waals surface area contributed by atoms with Gasteiger partial charge in [-0.3, -0.25) is 9.88 Å². The first kappa shape index (κ1) is 23.0. The van der Waals surface area contributed by atoms with Crippen LogP contribution >= 0.6 is 22.7 Å². The zero-order valence-electron chi connectivity index (χ0n) is 16.8. The summed E-state index contributed by atoms with van der Waals surface area (Å²) in [4.78, 5) is 34.9. The van der Waals surface area contributed by atoms with Crippen molar-refractivity contribution >= 4 is 34.9 Å². The zero-order valence-corrected chi connectivity index (χ0v) is 18.4. The molecule has 0 aliphatic carbocycles. The maximum atomic E-state index is 11.9. The Labute approximate surface area is 178 Å². The van der Waals surface area contributed by atoms with Gasteiger partial charge >= 0.3 is 12.2 Å². The van der Waals surface area contributed by atoms with E-state index in [1.165, 1.54) is 22.7 Å². The lowest BCUT2D eigenvalue weighted by Crippen LogP contribution is -2.47. The smallest absolute Gasteiger partial charge is 0.407 e. The molecule has 2 amide bonds. The Morgan fingerprint density at radius 3 is 2.28 bits per heavy atom. The fraction of sp³-hybridized carbons (Fsp3) is 0.556. The largest absolute Gasteiger partial charge is 0.444 e. The van der Waals surface area contributed by atoms with E-state index in [9.17, 15) is 9.59 Å². The summed E-state index contributed by atoms with van der Waals surface area (Å²) in [6, 6.07) is -0.211. The maximum absolute atomic E-state index is 11.9. The lowest BCUT2D eigenvalue weighted by atomic mass is 10.2. The number of thiazole rings is 2. The molecule has 2 aromatic heterocycles. The molecule has 2 rings (SSSR count). The molecule has 0 saturated carbocycles. The van der Waals surface area contributed by atoms with Gasteiger partial charge < -0.3 is 20.1 Å². The molecule has 0 aliphatic heterocycles. The van der Waals surface area contributed by atoms with Crippen molar-refractivity contribution in [3.63, 3.8) is 0 Å². The Morgan fingerprint density at radius 2 is 1.76 bits per heavy atom. The van der Waals surface area contributed by atoms with Crippen LogP contribution < -0.4 is 10.6 Å². The average molecular weight is 442 g/mol. The number of aromatic nitrogens is 2. The third-order valence-corrected chi connectivity index (χ3v) is 5.39. The maximum Gasteiger partial charge on any atom is 0.407 e. The molecule has 0 saturated heterocycles.